The molecule has 0 fully saturated rings. The number of ketones is 1. The molecule has 0 aliphatic heterocycles. The summed E-state index contributed by atoms with van der Waals surface area (Å²) >= 11 is 0. The first-order valence-electron chi connectivity index (χ1n) is 6.20. The predicted molar refractivity (Wildman–Crippen MR) is 74.6 cm³/mol. The number of Topliss-reactive ketones (excluding diaryl/α,β-unsaturated/α-hetero) is 1. The summed E-state index contributed by atoms with van der Waals surface area (Å²) in [5.41, 5.74) is 0.731. The number of ether oxygens (including phenoxy) is 1. The van der Waals surface area contributed by atoms with E-state index in [9.17, 15) is 14.4 Å². The maximum atomic E-state index is 12.0. The average molecular weight is 278 g/mol. The van der Waals surface area contributed by atoms with Gasteiger partial charge in [0.05, 0.1) is 24.3 Å². The molecule has 0 saturated carbocycles. The lowest BCUT2D eigenvalue weighted by molar-refractivity contribution is -0.124. The van der Waals surface area contributed by atoms with E-state index in [0.717, 1.165) is 0 Å². The highest BCUT2D eigenvalue weighted by molar-refractivity contribution is 6.07. The predicted octanol–water partition coefficient (Wildman–Crippen LogP) is 0.980. The molecule has 0 atom stereocenters. The number of benzene rings is 1. The van der Waals surface area contributed by atoms with Crippen molar-refractivity contribution in [2.75, 3.05) is 25.6 Å². The van der Waals surface area contributed by atoms with E-state index < -0.39 is 5.91 Å². The van der Waals surface area contributed by atoms with Crippen LogP contribution in [0.15, 0.2) is 24.3 Å². The fraction of sp³-hybridized carbons (Fsp3) is 0.357. The lowest BCUT2D eigenvalue weighted by Gasteiger charge is -2.10. The quantitative estimate of drug-likeness (QED) is 0.575. The molecule has 108 valence electrons. The summed E-state index contributed by atoms with van der Waals surface area (Å²) in [6.45, 7) is 2.12. The first kappa shape index (κ1) is 15.8. The molecular formula is C14H18N2O4. The Morgan fingerprint density at radius 2 is 1.90 bits per heavy atom. The van der Waals surface area contributed by atoms with E-state index in [1.165, 1.54) is 6.92 Å². The number of rotatable bonds is 7. The van der Waals surface area contributed by atoms with E-state index in [-0.39, 0.29) is 18.1 Å². The number of anilines is 1. The molecule has 0 spiro atoms. The van der Waals surface area contributed by atoms with Crippen LogP contribution < -0.4 is 10.6 Å². The van der Waals surface area contributed by atoms with E-state index in [2.05, 4.69) is 10.6 Å². The maximum absolute atomic E-state index is 12.0. The highest BCUT2D eigenvalue weighted by Crippen LogP contribution is 2.15. The first-order valence-corrected chi connectivity index (χ1v) is 6.20. The molecule has 0 aromatic heterocycles. The highest BCUT2D eigenvalue weighted by Gasteiger charge is 2.13. The van der Waals surface area contributed by atoms with Gasteiger partial charge in [0.2, 0.25) is 5.91 Å². The zero-order chi connectivity index (χ0) is 15.0. The second-order valence-electron chi connectivity index (χ2n) is 4.22. The van der Waals surface area contributed by atoms with Crippen molar-refractivity contribution >= 4 is 23.3 Å². The van der Waals surface area contributed by atoms with Crippen LogP contribution in [0.4, 0.5) is 5.69 Å². The van der Waals surface area contributed by atoms with Gasteiger partial charge in [-0.05, 0) is 19.1 Å². The van der Waals surface area contributed by atoms with Crippen molar-refractivity contribution in [2.24, 2.45) is 0 Å². The number of amides is 2. The van der Waals surface area contributed by atoms with Crippen molar-refractivity contribution in [3.63, 3.8) is 0 Å². The standard InChI is InChI=1S/C14H18N2O4/c1-10(17)9-13(18)16-12-6-4-3-5-11(12)14(19)15-7-8-20-2/h3-6H,7-9H2,1-2H3,(H,15,19)(H,16,18). The zero-order valence-corrected chi connectivity index (χ0v) is 11.6. The minimum atomic E-state index is -0.436. The number of carbonyl (C=O) groups excluding carboxylic acids is 3. The molecule has 0 bridgehead atoms. The van der Waals surface area contributed by atoms with Gasteiger partial charge in [0, 0.05) is 13.7 Å². The van der Waals surface area contributed by atoms with Crippen molar-refractivity contribution in [2.45, 2.75) is 13.3 Å². The Labute approximate surface area is 117 Å². The van der Waals surface area contributed by atoms with Crippen LogP contribution in [0.25, 0.3) is 0 Å². The second-order valence-corrected chi connectivity index (χ2v) is 4.22. The third kappa shape index (κ3) is 5.19. The van der Waals surface area contributed by atoms with Crippen LogP contribution in [0.5, 0.6) is 0 Å². The number of hydrogen-bond donors (Lipinski definition) is 2. The summed E-state index contributed by atoms with van der Waals surface area (Å²) in [5.74, 6) is -0.972. The lowest BCUT2D eigenvalue weighted by atomic mass is 10.1. The topological polar surface area (TPSA) is 84.5 Å². The molecule has 1 aromatic rings. The van der Waals surface area contributed by atoms with Gasteiger partial charge in [0.15, 0.2) is 0 Å². The SMILES string of the molecule is COCCNC(=O)c1ccccc1NC(=O)CC(C)=O. The highest BCUT2D eigenvalue weighted by atomic mass is 16.5. The summed E-state index contributed by atoms with van der Waals surface area (Å²) in [7, 11) is 1.54. The van der Waals surface area contributed by atoms with Gasteiger partial charge in [-0.1, -0.05) is 12.1 Å². The van der Waals surface area contributed by atoms with Crippen LogP contribution in [-0.4, -0.2) is 37.9 Å². The number of para-hydroxylation sites is 1. The van der Waals surface area contributed by atoms with Gasteiger partial charge in [-0.15, -0.1) is 0 Å². The average Bonchev–Trinajstić information content (AvgIpc) is 2.38. The second kappa shape index (κ2) is 8.06. The molecular weight excluding hydrogens is 260 g/mol. The van der Waals surface area contributed by atoms with Crippen LogP contribution in [-0.2, 0) is 14.3 Å². The van der Waals surface area contributed by atoms with Crippen molar-refractivity contribution in [3.05, 3.63) is 29.8 Å². The Hall–Kier alpha value is -2.21. The zero-order valence-electron chi connectivity index (χ0n) is 11.6. The van der Waals surface area contributed by atoms with Gasteiger partial charge >= 0.3 is 0 Å². The molecule has 2 N–H and O–H groups in total. The van der Waals surface area contributed by atoms with Crippen LogP contribution >= 0.6 is 0 Å². The Morgan fingerprint density at radius 1 is 1.20 bits per heavy atom. The van der Waals surface area contributed by atoms with E-state index in [1.54, 1.807) is 31.4 Å². The van der Waals surface area contributed by atoms with Crippen molar-refractivity contribution in [1.29, 1.82) is 0 Å². The van der Waals surface area contributed by atoms with Crippen LogP contribution in [0, 0.1) is 0 Å². The molecule has 0 saturated heterocycles. The van der Waals surface area contributed by atoms with Gasteiger partial charge < -0.3 is 15.4 Å². The molecule has 1 rings (SSSR count). The number of nitrogens with one attached hydrogen (secondary N) is 2. The summed E-state index contributed by atoms with van der Waals surface area (Å²) in [6, 6.07) is 6.62. The van der Waals surface area contributed by atoms with E-state index in [1.807, 2.05) is 0 Å². The summed E-state index contributed by atoms with van der Waals surface area (Å²) in [4.78, 5) is 34.4. The van der Waals surface area contributed by atoms with E-state index in [0.29, 0.717) is 24.4 Å². The van der Waals surface area contributed by atoms with Crippen LogP contribution in [0.1, 0.15) is 23.7 Å². The van der Waals surface area contributed by atoms with Gasteiger partial charge in [-0.2, -0.15) is 0 Å². The van der Waals surface area contributed by atoms with E-state index >= 15 is 0 Å². The molecule has 6 heteroatoms. The lowest BCUT2D eigenvalue weighted by Crippen LogP contribution is -2.28. The first-order chi connectivity index (χ1) is 9.54. The fourth-order valence-corrected chi connectivity index (χ4v) is 1.57. The third-order valence-electron chi connectivity index (χ3n) is 2.45. The van der Waals surface area contributed by atoms with Gasteiger partial charge in [-0.25, -0.2) is 0 Å². The van der Waals surface area contributed by atoms with E-state index in [4.69, 9.17) is 4.74 Å². The molecule has 1 aromatic carbocycles. The number of hydrogen-bond acceptors (Lipinski definition) is 4. The fourth-order valence-electron chi connectivity index (χ4n) is 1.57. The molecule has 0 unspecified atom stereocenters. The molecule has 0 aliphatic carbocycles. The smallest absolute Gasteiger partial charge is 0.253 e. The molecule has 2 amide bonds. The molecule has 0 heterocycles. The summed E-state index contributed by atoms with van der Waals surface area (Å²) in [5, 5.41) is 5.23. The maximum Gasteiger partial charge on any atom is 0.253 e. The minimum Gasteiger partial charge on any atom is -0.383 e. The van der Waals surface area contributed by atoms with Crippen molar-refractivity contribution in [3.8, 4) is 0 Å². The Morgan fingerprint density at radius 3 is 2.55 bits per heavy atom. The summed E-state index contributed by atoms with van der Waals surface area (Å²) in [6.07, 6.45) is -0.209. The van der Waals surface area contributed by atoms with Crippen molar-refractivity contribution < 1.29 is 19.1 Å². The normalized spacial score (nSPS) is 9.90. The van der Waals surface area contributed by atoms with Gasteiger partial charge in [0.25, 0.3) is 5.91 Å². The Bertz CT molecular complexity index is 500. The molecule has 6 nitrogen and oxygen atoms in total. The Kier molecular flexibility index (Phi) is 6.39. The monoisotopic (exact) mass is 278 g/mol. The molecule has 0 aliphatic rings. The van der Waals surface area contributed by atoms with Crippen molar-refractivity contribution in [1.82, 2.24) is 5.32 Å². The van der Waals surface area contributed by atoms with Gasteiger partial charge in [0.1, 0.15) is 5.78 Å². The summed E-state index contributed by atoms with van der Waals surface area (Å²) < 4.78 is 4.84. The van der Waals surface area contributed by atoms with Crippen LogP contribution in [0.2, 0.25) is 0 Å². The molecule has 0 radical (unpaired) electrons. The number of methoxy groups -OCH3 is 1. The minimum absolute atomic E-state index is 0.209. The van der Waals surface area contributed by atoms with Crippen LogP contribution in [0.3, 0.4) is 0 Å². The molecule has 20 heavy (non-hydrogen) atoms. The van der Waals surface area contributed by atoms with Gasteiger partial charge in [-0.3, -0.25) is 14.4 Å². The Balaban J connectivity index is 2.74. The largest absolute Gasteiger partial charge is 0.383 e. The third-order valence-corrected chi connectivity index (χ3v) is 2.45. The number of carbonyl (C=O) groups is 3.